The number of fused-ring (bicyclic) bond motifs is 6. The molecule has 1 aliphatic heterocycles. The second-order valence-corrected chi connectivity index (χ2v) is 11.2. The maximum atomic E-state index is 12.3. The van der Waals surface area contributed by atoms with E-state index in [0.717, 1.165) is 29.4 Å². The summed E-state index contributed by atoms with van der Waals surface area (Å²) in [4.78, 5) is 23.9. The van der Waals surface area contributed by atoms with E-state index < -0.39 is 0 Å². The first kappa shape index (κ1) is 19.5. The maximum absolute atomic E-state index is 12.3. The first-order valence-corrected chi connectivity index (χ1v) is 12.1. The van der Waals surface area contributed by atoms with Crippen LogP contribution in [0.4, 0.5) is 0 Å². The van der Waals surface area contributed by atoms with E-state index >= 15 is 0 Å². The number of carbonyl (C=O) groups excluding carboxylic acids is 1. The molecule has 0 bridgehead atoms. The normalized spacial score (nSPS) is 41.9. The van der Waals surface area contributed by atoms with Gasteiger partial charge in [-0.15, -0.1) is 0 Å². The quantitative estimate of drug-likeness (QED) is 0.675. The lowest BCUT2D eigenvalue weighted by atomic mass is 9.47. The Kier molecular flexibility index (Phi) is 4.05. The molecule has 2 aromatic rings. The van der Waals surface area contributed by atoms with Crippen molar-refractivity contribution in [3.8, 4) is 0 Å². The molecular formula is C26H34N4O. The zero-order chi connectivity index (χ0) is 21.5. The Labute approximate surface area is 184 Å². The van der Waals surface area contributed by atoms with E-state index in [9.17, 15) is 4.79 Å². The van der Waals surface area contributed by atoms with Crippen molar-refractivity contribution in [2.24, 2.45) is 35.6 Å². The molecule has 3 aliphatic carbocycles. The van der Waals surface area contributed by atoms with Crippen molar-refractivity contribution in [1.29, 1.82) is 0 Å². The third kappa shape index (κ3) is 2.46. The number of aryl methyl sites for hydroxylation is 1. The van der Waals surface area contributed by atoms with Gasteiger partial charge in [-0.1, -0.05) is 19.9 Å². The summed E-state index contributed by atoms with van der Waals surface area (Å²) in [6, 6.07) is 4.51. The van der Waals surface area contributed by atoms with Gasteiger partial charge in [-0.3, -0.25) is 4.79 Å². The standard InChI is InChI=1S/C26H34N4O/c1-25-13-11-18-16(7-10-21-26(18,2)14-12-22(31)30(21)4)17(25)8-9-19(25)24-28-23-20(29(24)3)6-5-15-27-23/h5-6,12,14-19,21H,7-11,13H2,1-4H3/t16-,17-,18+,19?,21?,25-,26+/m0/s1. The van der Waals surface area contributed by atoms with Gasteiger partial charge in [0.2, 0.25) is 5.91 Å². The molecule has 5 heteroatoms. The van der Waals surface area contributed by atoms with E-state index in [-0.39, 0.29) is 11.3 Å². The van der Waals surface area contributed by atoms with Gasteiger partial charge >= 0.3 is 0 Å². The second-order valence-electron chi connectivity index (χ2n) is 11.2. The Morgan fingerprint density at radius 2 is 1.90 bits per heavy atom. The van der Waals surface area contributed by atoms with Gasteiger partial charge in [0.15, 0.2) is 5.65 Å². The van der Waals surface area contributed by atoms with Gasteiger partial charge in [0, 0.05) is 37.7 Å². The van der Waals surface area contributed by atoms with E-state index in [2.05, 4.69) is 42.6 Å². The number of carbonyl (C=O) groups is 1. The molecule has 31 heavy (non-hydrogen) atoms. The zero-order valence-corrected chi connectivity index (χ0v) is 19.2. The molecule has 2 aromatic heterocycles. The highest BCUT2D eigenvalue weighted by Gasteiger charge is 2.61. The van der Waals surface area contributed by atoms with Crippen LogP contribution in [0.15, 0.2) is 30.5 Å². The summed E-state index contributed by atoms with van der Waals surface area (Å²) in [5.74, 6) is 4.10. The predicted octanol–water partition coefficient (Wildman–Crippen LogP) is 4.69. The molecule has 1 amide bonds. The van der Waals surface area contributed by atoms with Crippen molar-refractivity contribution < 1.29 is 4.79 Å². The Morgan fingerprint density at radius 3 is 2.71 bits per heavy atom. The summed E-state index contributed by atoms with van der Waals surface area (Å²) < 4.78 is 2.30. The van der Waals surface area contributed by atoms with E-state index in [4.69, 9.17) is 4.98 Å². The van der Waals surface area contributed by atoms with Gasteiger partial charge in [0.05, 0.1) is 5.52 Å². The fraction of sp³-hybridized carbons (Fsp3) is 0.654. The van der Waals surface area contributed by atoms with Gasteiger partial charge < -0.3 is 9.47 Å². The van der Waals surface area contributed by atoms with Crippen LogP contribution in [-0.2, 0) is 11.8 Å². The van der Waals surface area contributed by atoms with Crippen molar-refractivity contribution in [2.75, 3.05) is 7.05 Å². The van der Waals surface area contributed by atoms with Gasteiger partial charge in [-0.05, 0) is 79.9 Å². The highest BCUT2D eigenvalue weighted by Crippen LogP contribution is 2.67. The molecule has 4 aliphatic rings. The zero-order valence-electron chi connectivity index (χ0n) is 19.2. The molecule has 3 fully saturated rings. The fourth-order valence-corrected chi connectivity index (χ4v) is 8.52. The van der Waals surface area contributed by atoms with Gasteiger partial charge in [-0.25, -0.2) is 9.97 Å². The number of pyridine rings is 1. The molecule has 5 nitrogen and oxygen atoms in total. The molecule has 6 rings (SSSR count). The maximum Gasteiger partial charge on any atom is 0.246 e. The van der Waals surface area contributed by atoms with Crippen molar-refractivity contribution in [3.05, 3.63) is 36.3 Å². The van der Waals surface area contributed by atoms with Gasteiger partial charge in [0.25, 0.3) is 0 Å². The van der Waals surface area contributed by atoms with Crippen LogP contribution in [0.3, 0.4) is 0 Å². The number of rotatable bonds is 1. The second kappa shape index (κ2) is 6.43. The Bertz CT molecular complexity index is 1090. The summed E-state index contributed by atoms with van der Waals surface area (Å²) >= 11 is 0. The molecule has 7 atom stereocenters. The molecule has 164 valence electrons. The van der Waals surface area contributed by atoms with Gasteiger partial charge in [0.1, 0.15) is 5.82 Å². The average Bonchev–Trinajstić information content (AvgIpc) is 3.28. The topological polar surface area (TPSA) is 51.0 Å². The van der Waals surface area contributed by atoms with Crippen LogP contribution in [0.2, 0.25) is 0 Å². The first-order chi connectivity index (χ1) is 14.8. The number of likely N-dealkylation sites (N-methyl/N-ethyl adjacent to an activating group) is 1. The fourth-order valence-electron chi connectivity index (χ4n) is 8.52. The number of nitrogens with zero attached hydrogens (tertiary/aromatic N) is 4. The number of aromatic nitrogens is 3. The highest BCUT2D eigenvalue weighted by atomic mass is 16.2. The van der Waals surface area contributed by atoms with Crippen LogP contribution < -0.4 is 0 Å². The summed E-state index contributed by atoms with van der Waals surface area (Å²) in [6.45, 7) is 4.99. The van der Waals surface area contributed by atoms with E-state index in [1.54, 1.807) is 0 Å². The summed E-state index contributed by atoms with van der Waals surface area (Å²) in [6.07, 6.45) is 13.4. The minimum absolute atomic E-state index is 0.118. The lowest BCUT2D eigenvalue weighted by Gasteiger charge is -2.60. The molecule has 0 aromatic carbocycles. The molecule has 2 unspecified atom stereocenters. The third-order valence-electron chi connectivity index (χ3n) is 10.1. The average molecular weight is 419 g/mol. The largest absolute Gasteiger partial charge is 0.338 e. The number of amides is 1. The Balaban J connectivity index is 1.35. The number of hydrogen-bond acceptors (Lipinski definition) is 3. The van der Waals surface area contributed by atoms with Crippen molar-refractivity contribution >= 4 is 17.1 Å². The Hall–Kier alpha value is -2.17. The van der Waals surface area contributed by atoms with Gasteiger partial charge in [-0.2, -0.15) is 0 Å². The molecule has 0 spiro atoms. The summed E-state index contributed by atoms with van der Waals surface area (Å²) in [7, 11) is 4.17. The minimum atomic E-state index is 0.118. The van der Waals surface area contributed by atoms with Crippen molar-refractivity contribution in [1.82, 2.24) is 19.4 Å². The smallest absolute Gasteiger partial charge is 0.246 e. The van der Waals surface area contributed by atoms with Crippen LogP contribution >= 0.6 is 0 Å². The van der Waals surface area contributed by atoms with Crippen LogP contribution in [0, 0.1) is 28.6 Å². The van der Waals surface area contributed by atoms with E-state index in [0.29, 0.717) is 23.3 Å². The molecular weight excluding hydrogens is 384 g/mol. The summed E-state index contributed by atoms with van der Waals surface area (Å²) in [5, 5.41) is 0. The first-order valence-electron chi connectivity index (χ1n) is 12.1. The molecule has 3 saturated carbocycles. The monoisotopic (exact) mass is 418 g/mol. The third-order valence-corrected chi connectivity index (χ3v) is 10.1. The lowest BCUT2D eigenvalue weighted by Crippen LogP contribution is -2.59. The minimum Gasteiger partial charge on any atom is -0.338 e. The predicted molar refractivity (Wildman–Crippen MR) is 121 cm³/mol. The van der Waals surface area contributed by atoms with Crippen LogP contribution in [0.25, 0.3) is 11.2 Å². The Morgan fingerprint density at radius 1 is 1.06 bits per heavy atom. The highest BCUT2D eigenvalue weighted by molar-refractivity contribution is 5.89. The van der Waals surface area contributed by atoms with Crippen LogP contribution in [0.5, 0.6) is 0 Å². The van der Waals surface area contributed by atoms with E-state index in [1.165, 1.54) is 37.9 Å². The van der Waals surface area contributed by atoms with E-state index in [1.807, 2.05) is 30.3 Å². The van der Waals surface area contributed by atoms with Crippen molar-refractivity contribution in [3.63, 3.8) is 0 Å². The number of hydrogen-bond donors (Lipinski definition) is 0. The number of imidazole rings is 1. The lowest BCUT2D eigenvalue weighted by molar-refractivity contribution is -0.138. The van der Waals surface area contributed by atoms with Crippen molar-refractivity contribution in [2.45, 2.75) is 64.3 Å². The molecule has 3 heterocycles. The molecule has 0 radical (unpaired) electrons. The SMILES string of the molecule is CN1C(=O)C=C[C@@]2(C)C1CC[C@@H]1[C@H]2CC[C@]2(C)C(c3nc4ncccc4n3C)CC[C@@H]12. The van der Waals surface area contributed by atoms with Crippen LogP contribution in [0.1, 0.15) is 64.1 Å². The molecule has 0 N–H and O–H groups in total. The molecule has 0 saturated heterocycles. The van der Waals surface area contributed by atoms with Crippen LogP contribution in [-0.4, -0.2) is 38.4 Å². The summed E-state index contributed by atoms with van der Waals surface area (Å²) in [5.41, 5.74) is 2.45.